The molecule has 1 atom stereocenters. The number of carbonyl (C=O) groups is 1. The second-order valence-electron chi connectivity index (χ2n) is 6.01. The van der Waals surface area contributed by atoms with Gasteiger partial charge in [0.25, 0.3) is 5.91 Å². The van der Waals surface area contributed by atoms with Gasteiger partial charge in [-0.2, -0.15) is 0 Å². The van der Waals surface area contributed by atoms with Gasteiger partial charge in [0.15, 0.2) is 6.61 Å². The van der Waals surface area contributed by atoms with E-state index in [9.17, 15) is 4.79 Å². The molecule has 1 unspecified atom stereocenters. The Kier molecular flexibility index (Phi) is 4.24. The molecule has 1 amide bonds. The van der Waals surface area contributed by atoms with Gasteiger partial charge in [-0.05, 0) is 56.2 Å². The first-order valence-corrected chi connectivity index (χ1v) is 7.80. The Bertz CT molecular complexity index is 706. The zero-order valence-corrected chi connectivity index (χ0v) is 13.7. The second-order valence-corrected chi connectivity index (χ2v) is 6.01. The Morgan fingerprint density at radius 2 is 1.91 bits per heavy atom. The number of para-hydroxylation sites is 2. The predicted molar refractivity (Wildman–Crippen MR) is 90.3 cm³/mol. The van der Waals surface area contributed by atoms with Crippen LogP contribution >= 0.6 is 0 Å². The number of anilines is 1. The van der Waals surface area contributed by atoms with E-state index >= 15 is 0 Å². The molecule has 3 rings (SSSR count). The van der Waals surface area contributed by atoms with E-state index < -0.39 is 0 Å². The van der Waals surface area contributed by atoms with Crippen LogP contribution in [0.4, 0.5) is 5.69 Å². The molecule has 0 spiro atoms. The normalized spacial score (nSPS) is 16.5. The van der Waals surface area contributed by atoms with Crippen LogP contribution in [0.15, 0.2) is 42.5 Å². The topological polar surface area (TPSA) is 38.8 Å². The van der Waals surface area contributed by atoms with Crippen molar-refractivity contribution in [2.45, 2.75) is 26.9 Å². The second kappa shape index (κ2) is 6.32. The highest BCUT2D eigenvalue weighted by molar-refractivity contribution is 5.96. The fourth-order valence-corrected chi connectivity index (χ4v) is 2.86. The third kappa shape index (κ3) is 3.47. The van der Waals surface area contributed by atoms with Crippen LogP contribution in [0.5, 0.6) is 11.5 Å². The largest absolute Gasteiger partial charge is 0.487 e. The summed E-state index contributed by atoms with van der Waals surface area (Å²) >= 11 is 0. The number of aryl methyl sites for hydroxylation is 2. The van der Waals surface area contributed by atoms with Crippen LogP contribution < -0.4 is 14.4 Å². The molecule has 1 aliphatic heterocycles. The third-order valence-electron chi connectivity index (χ3n) is 3.78. The van der Waals surface area contributed by atoms with Crippen molar-refractivity contribution in [2.24, 2.45) is 0 Å². The number of rotatable bonds is 3. The Hall–Kier alpha value is -2.49. The highest BCUT2D eigenvalue weighted by Gasteiger charge is 2.27. The van der Waals surface area contributed by atoms with Crippen molar-refractivity contribution in [1.29, 1.82) is 0 Å². The lowest BCUT2D eigenvalue weighted by Crippen LogP contribution is -2.44. The van der Waals surface area contributed by atoms with Crippen molar-refractivity contribution < 1.29 is 14.3 Å². The molecule has 0 bridgehead atoms. The minimum atomic E-state index is -0.0632. The van der Waals surface area contributed by atoms with Gasteiger partial charge in [0.2, 0.25) is 0 Å². The van der Waals surface area contributed by atoms with E-state index in [1.807, 2.05) is 57.2 Å². The Labute approximate surface area is 136 Å². The quantitative estimate of drug-likeness (QED) is 0.871. The molecule has 0 radical (unpaired) electrons. The number of ether oxygens (including phenoxy) is 2. The van der Waals surface area contributed by atoms with Crippen LogP contribution in [0.25, 0.3) is 0 Å². The van der Waals surface area contributed by atoms with Gasteiger partial charge >= 0.3 is 0 Å². The fourth-order valence-electron chi connectivity index (χ4n) is 2.86. The van der Waals surface area contributed by atoms with Gasteiger partial charge in [-0.3, -0.25) is 4.79 Å². The molecule has 4 nitrogen and oxygen atoms in total. The summed E-state index contributed by atoms with van der Waals surface area (Å²) < 4.78 is 11.5. The standard InChI is InChI=1S/C19H21NO3/c1-13-8-14(2)10-16(9-13)22-12-19(21)20-11-15(3)23-18-7-5-4-6-17(18)20/h4-10,15H,11-12H2,1-3H3. The molecule has 120 valence electrons. The summed E-state index contributed by atoms with van der Waals surface area (Å²) in [4.78, 5) is 14.3. The summed E-state index contributed by atoms with van der Waals surface area (Å²) in [5.74, 6) is 1.41. The average Bonchev–Trinajstić information content (AvgIpc) is 2.51. The van der Waals surface area contributed by atoms with Gasteiger partial charge in [-0.25, -0.2) is 0 Å². The van der Waals surface area contributed by atoms with Crippen molar-refractivity contribution >= 4 is 11.6 Å². The Morgan fingerprint density at radius 3 is 2.65 bits per heavy atom. The summed E-state index contributed by atoms with van der Waals surface area (Å²) in [6.07, 6.45) is -0.0323. The maximum atomic E-state index is 12.6. The highest BCUT2D eigenvalue weighted by Crippen LogP contribution is 2.33. The molecule has 0 saturated heterocycles. The van der Waals surface area contributed by atoms with Gasteiger partial charge in [-0.1, -0.05) is 18.2 Å². The molecule has 0 N–H and O–H groups in total. The van der Waals surface area contributed by atoms with E-state index in [0.29, 0.717) is 6.54 Å². The van der Waals surface area contributed by atoms with Crippen molar-refractivity contribution in [3.63, 3.8) is 0 Å². The molecule has 2 aromatic carbocycles. The number of hydrogen-bond acceptors (Lipinski definition) is 3. The summed E-state index contributed by atoms with van der Waals surface area (Å²) in [6.45, 7) is 6.54. The maximum Gasteiger partial charge on any atom is 0.265 e. The lowest BCUT2D eigenvalue weighted by molar-refractivity contribution is -0.121. The van der Waals surface area contributed by atoms with Crippen molar-refractivity contribution in [3.05, 3.63) is 53.6 Å². The minimum absolute atomic E-state index is 0.0178. The zero-order chi connectivity index (χ0) is 16.4. The van der Waals surface area contributed by atoms with Gasteiger partial charge in [0.05, 0.1) is 12.2 Å². The highest BCUT2D eigenvalue weighted by atomic mass is 16.5. The van der Waals surface area contributed by atoms with Crippen LogP contribution in [-0.4, -0.2) is 25.2 Å². The fraction of sp³-hybridized carbons (Fsp3) is 0.316. The number of amides is 1. The van der Waals surface area contributed by atoms with Crippen LogP contribution in [0, 0.1) is 13.8 Å². The molecule has 1 heterocycles. The smallest absolute Gasteiger partial charge is 0.265 e. The monoisotopic (exact) mass is 311 g/mol. The minimum Gasteiger partial charge on any atom is -0.487 e. The maximum absolute atomic E-state index is 12.6. The van der Waals surface area contributed by atoms with E-state index in [1.165, 1.54) is 0 Å². The van der Waals surface area contributed by atoms with Gasteiger partial charge in [0, 0.05) is 0 Å². The number of nitrogens with zero attached hydrogens (tertiary/aromatic N) is 1. The number of fused-ring (bicyclic) bond motifs is 1. The zero-order valence-electron chi connectivity index (χ0n) is 13.7. The Balaban J connectivity index is 1.73. The SMILES string of the molecule is Cc1cc(C)cc(OCC(=O)N2CC(C)Oc3ccccc32)c1. The third-order valence-corrected chi connectivity index (χ3v) is 3.78. The molecule has 0 aliphatic carbocycles. The van der Waals surface area contributed by atoms with E-state index in [-0.39, 0.29) is 18.6 Å². The first-order chi connectivity index (χ1) is 11.0. The van der Waals surface area contributed by atoms with Crippen LogP contribution in [0.1, 0.15) is 18.1 Å². The summed E-state index contributed by atoms with van der Waals surface area (Å²) in [5.41, 5.74) is 3.05. The van der Waals surface area contributed by atoms with Crippen molar-refractivity contribution in [1.82, 2.24) is 0 Å². The molecule has 1 aliphatic rings. The van der Waals surface area contributed by atoms with Crippen molar-refractivity contribution in [2.75, 3.05) is 18.1 Å². The van der Waals surface area contributed by atoms with Crippen LogP contribution in [0.3, 0.4) is 0 Å². The number of benzene rings is 2. The number of carbonyl (C=O) groups excluding carboxylic acids is 1. The molecule has 23 heavy (non-hydrogen) atoms. The van der Waals surface area contributed by atoms with Gasteiger partial charge in [-0.15, -0.1) is 0 Å². The van der Waals surface area contributed by atoms with Crippen LogP contribution in [-0.2, 0) is 4.79 Å². The van der Waals surface area contributed by atoms with E-state index in [4.69, 9.17) is 9.47 Å². The van der Waals surface area contributed by atoms with E-state index in [2.05, 4.69) is 6.07 Å². The van der Waals surface area contributed by atoms with Gasteiger partial charge < -0.3 is 14.4 Å². The molecular formula is C19H21NO3. The van der Waals surface area contributed by atoms with E-state index in [1.54, 1.807) is 4.90 Å². The molecule has 0 fully saturated rings. The predicted octanol–water partition coefficient (Wildman–Crippen LogP) is 3.50. The first-order valence-electron chi connectivity index (χ1n) is 7.80. The average molecular weight is 311 g/mol. The molecule has 0 saturated carbocycles. The summed E-state index contributed by atoms with van der Waals surface area (Å²) in [7, 11) is 0. The van der Waals surface area contributed by atoms with Gasteiger partial charge in [0.1, 0.15) is 17.6 Å². The Morgan fingerprint density at radius 1 is 1.22 bits per heavy atom. The molecule has 2 aromatic rings. The molecule has 4 heteroatoms. The first kappa shape index (κ1) is 15.4. The molecule has 0 aromatic heterocycles. The number of hydrogen-bond donors (Lipinski definition) is 0. The lowest BCUT2D eigenvalue weighted by Gasteiger charge is -2.33. The van der Waals surface area contributed by atoms with E-state index in [0.717, 1.165) is 28.3 Å². The summed E-state index contributed by atoms with van der Waals surface area (Å²) in [6, 6.07) is 13.6. The molecular weight excluding hydrogens is 290 g/mol. The summed E-state index contributed by atoms with van der Waals surface area (Å²) in [5, 5.41) is 0. The lowest BCUT2D eigenvalue weighted by atomic mass is 10.1. The van der Waals surface area contributed by atoms with Crippen LogP contribution in [0.2, 0.25) is 0 Å². The van der Waals surface area contributed by atoms with Crippen molar-refractivity contribution in [3.8, 4) is 11.5 Å².